The molecule has 0 saturated carbocycles. The highest BCUT2D eigenvalue weighted by atomic mass is 32.1. The van der Waals surface area contributed by atoms with Gasteiger partial charge in [0.2, 0.25) is 5.91 Å². The van der Waals surface area contributed by atoms with E-state index in [9.17, 15) is 14.9 Å². The van der Waals surface area contributed by atoms with Crippen molar-refractivity contribution >= 4 is 40.3 Å². The van der Waals surface area contributed by atoms with Gasteiger partial charge in [0.25, 0.3) is 5.69 Å². The lowest BCUT2D eigenvalue weighted by Gasteiger charge is -2.29. The summed E-state index contributed by atoms with van der Waals surface area (Å²) in [6.07, 6.45) is 3.62. The molecule has 1 aliphatic rings. The second-order valence-electron chi connectivity index (χ2n) is 8.30. The van der Waals surface area contributed by atoms with Crippen LogP contribution in [0.1, 0.15) is 30.4 Å². The molecule has 2 aromatic carbocycles. The monoisotopic (exact) mass is 498 g/mol. The zero-order valence-corrected chi connectivity index (χ0v) is 20.1. The van der Waals surface area contributed by atoms with E-state index in [1.54, 1.807) is 18.3 Å². The summed E-state index contributed by atoms with van der Waals surface area (Å²) >= 11 is 5.79. The number of aromatic nitrogens is 2. The third-order valence-electron chi connectivity index (χ3n) is 5.97. The molecule has 1 fully saturated rings. The van der Waals surface area contributed by atoms with E-state index in [1.807, 2.05) is 76.3 Å². The first-order valence-electron chi connectivity index (χ1n) is 11.2. The number of hydrogen-bond donors (Lipinski definition) is 2. The van der Waals surface area contributed by atoms with Crippen LogP contribution in [0.4, 0.5) is 17.1 Å². The van der Waals surface area contributed by atoms with Crippen LogP contribution in [-0.2, 0) is 4.79 Å². The van der Waals surface area contributed by atoms with Gasteiger partial charge in [-0.1, -0.05) is 12.1 Å². The third kappa shape index (κ3) is 4.41. The Hall–Kier alpha value is -4.57. The number of carbonyl (C=O) groups excluding carboxylic acids is 1. The van der Waals surface area contributed by atoms with Crippen molar-refractivity contribution in [1.82, 2.24) is 14.9 Å². The number of nitrogens with zero attached hydrogens (tertiary/aromatic N) is 4. The zero-order chi connectivity index (χ0) is 25.2. The van der Waals surface area contributed by atoms with E-state index >= 15 is 0 Å². The maximum absolute atomic E-state index is 11.4. The molecule has 2 atom stereocenters. The minimum Gasteiger partial charge on any atom is -0.351 e. The largest absolute Gasteiger partial charge is 0.351 e. The SMILES string of the molecule is CC(=O)Nc1ccc(N2C(=S)NC(c3ccccn3)C2c2cccn2-c2cccc([N+](=O)[O-])c2)cc1. The van der Waals surface area contributed by atoms with Crippen LogP contribution >= 0.6 is 12.2 Å². The molecule has 36 heavy (non-hydrogen) atoms. The first-order valence-corrected chi connectivity index (χ1v) is 11.6. The molecule has 2 aromatic heterocycles. The number of carbonyl (C=O) groups is 1. The van der Waals surface area contributed by atoms with Gasteiger partial charge in [0.15, 0.2) is 5.11 Å². The predicted octanol–water partition coefficient (Wildman–Crippen LogP) is 4.92. The Kier molecular flexibility index (Phi) is 6.17. The van der Waals surface area contributed by atoms with Gasteiger partial charge in [-0.25, -0.2) is 0 Å². The molecule has 1 amide bonds. The van der Waals surface area contributed by atoms with E-state index in [0.717, 1.165) is 17.1 Å². The molecule has 10 heteroatoms. The zero-order valence-electron chi connectivity index (χ0n) is 19.2. The molecule has 0 spiro atoms. The highest BCUT2D eigenvalue weighted by Gasteiger charge is 2.42. The Bertz CT molecular complexity index is 1440. The molecule has 5 rings (SSSR count). The summed E-state index contributed by atoms with van der Waals surface area (Å²) in [5.74, 6) is -0.149. The fourth-order valence-electron chi connectivity index (χ4n) is 4.47. The number of amides is 1. The van der Waals surface area contributed by atoms with Gasteiger partial charge in [0.1, 0.15) is 6.04 Å². The molecule has 9 nitrogen and oxygen atoms in total. The molecule has 4 aromatic rings. The van der Waals surface area contributed by atoms with Crippen LogP contribution < -0.4 is 15.5 Å². The van der Waals surface area contributed by atoms with Crippen LogP contribution in [0.15, 0.2) is 91.3 Å². The summed E-state index contributed by atoms with van der Waals surface area (Å²) in [6.45, 7) is 1.46. The minimum atomic E-state index is -0.404. The van der Waals surface area contributed by atoms with E-state index in [4.69, 9.17) is 12.2 Å². The second kappa shape index (κ2) is 9.59. The standard InChI is InChI=1S/C26H22N6O3S/c1-17(33)28-18-10-12-19(13-11-18)31-25(24(29-26(31)36)22-8-2-3-14-27-22)23-9-5-15-30(23)20-6-4-7-21(16-20)32(34)35/h2-16,24-25H,1H3,(H,28,33)(H,29,36). The molecule has 2 unspecified atom stereocenters. The van der Waals surface area contributed by atoms with E-state index in [2.05, 4.69) is 15.6 Å². The summed E-state index contributed by atoms with van der Waals surface area (Å²) in [6, 6.07) is 23.0. The quantitative estimate of drug-likeness (QED) is 0.221. The first kappa shape index (κ1) is 23.2. The number of nitro groups is 1. The van der Waals surface area contributed by atoms with Crippen molar-refractivity contribution in [2.75, 3.05) is 10.2 Å². The number of rotatable bonds is 6. The normalized spacial score (nSPS) is 17.0. The Morgan fingerprint density at radius 3 is 2.56 bits per heavy atom. The number of thiocarbonyl (C=S) groups is 1. The maximum atomic E-state index is 11.4. The van der Waals surface area contributed by atoms with Crippen LogP contribution in [0.25, 0.3) is 5.69 Å². The molecule has 3 heterocycles. The average molecular weight is 499 g/mol. The van der Waals surface area contributed by atoms with Crippen LogP contribution in [-0.4, -0.2) is 25.5 Å². The lowest BCUT2D eigenvalue weighted by molar-refractivity contribution is -0.384. The van der Waals surface area contributed by atoms with Gasteiger partial charge < -0.3 is 20.1 Å². The second-order valence-corrected chi connectivity index (χ2v) is 8.69. The van der Waals surface area contributed by atoms with Crippen molar-refractivity contribution in [1.29, 1.82) is 0 Å². The van der Waals surface area contributed by atoms with E-state index < -0.39 is 4.92 Å². The molecule has 1 aliphatic heterocycles. The van der Waals surface area contributed by atoms with Crippen molar-refractivity contribution in [2.45, 2.75) is 19.0 Å². The lowest BCUT2D eigenvalue weighted by Crippen LogP contribution is -2.30. The van der Waals surface area contributed by atoms with Crippen LogP contribution in [0.3, 0.4) is 0 Å². The molecule has 0 bridgehead atoms. The van der Waals surface area contributed by atoms with E-state index in [1.165, 1.54) is 13.0 Å². The van der Waals surface area contributed by atoms with Crippen molar-refractivity contribution in [2.24, 2.45) is 0 Å². The molecule has 0 radical (unpaired) electrons. The topological polar surface area (TPSA) is 105 Å². The van der Waals surface area contributed by atoms with E-state index in [-0.39, 0.29) is 23.7 Å². The first-order chi connectivity index (χ1) is 17.4. The number of pyridine rings is 1. The number of non-ortho nitro benzene ring substituents is 1. The molecule has 2 N–H and O–H groups in total. The summed E-state index contributed by atoms with van der Waals surface area (Å²) in [4.78, 5) is 29.0. The number of hydrogen-bond acceptors (Lipinski definition) is 5. The van der Waals surface area contributed by atoms with Gasteiger partial charge in [-0.2, -0.15) is 0 Å². The summed E-state index contributed by atoms with van der Waals surface area (Å²) < 4.78 is 1.93. The fourth-order valence-corrected chi connectivity index (χ4v) is 4.81. The number of benzene rings is 2. The molecular formula is C26H22N6O3S. The van der Waals surface area contributed by atoms with Crippen LogP contribution in [0.5, 0.6) is 0 Å². The Morgan fingerprint density at radius 1 is 1.06 bits per heavy atom. The Labute approximate surface area is 212 Å². The minimum absolute atomic E-state index is 0.0129. The fraction of sp³-hybridized carbons (Fsp3) is 0.115. The summed E-state index contributed by atoms with van der Waals surface area (Å²) in [5, 5.41) is 18.1. The van der Waals surface area contributed by atoms with Gasteiger partial charge in [-0.15, -0.1) is 0 Å². The van der Waals surface area contributed by atoms with Crippen LogP contribution in [0, 0.1) is 10.1 Å². The van der Waals surface area contributed by atoms with Crippen molar-refractivity contribution in [3.63, 3.8) is 0 Å². The van der Waals surface area contributed by atoms with Gasteiger partial charge in [0, 0.05) is 48.5 Å². The maximum Gasteiger partial charge on any atom is 0.271 e. The van der Waals surface area contributed by atoms with Crippen LogP contribution in [0.2, 0.25) is 0 Å². The lowest BCUT2D eigenvalue weighted by atomic mass is 10.0. The number of nitro benzene ring substituents is 1. The molecule has 1 saturated heterocycles. The van der Waals surface area contributed by atoms with Gasteiger partial charge in [0.05, 0.1) is 22.3 Å². The van der Waals surface area contributed by atoms with Gasteiger partial charge in [-0.05, 0) is 66.8 Å². The average Bonchev–Trinajstić information content (AvgIpc) is 3.49. The Morgan fingerprint density at radius 2 is 1.86 bits per heavy atom. The predicted molar refractivity (Wildman–Crippen MR) is 141 cm³/mol. The Balaban J connectivity index is 1.62. The van der Waals surface area contributed by atoms with Gasteiger partial charge in [-0.3, -0.25) is 19.9 Å². The van der Waals surface area contributed by atoms with Crippen molar-refractivity contribution < 1.29 is 9.72 Å². The van der Waals surface area contributed by atoms with Crippen molar-refractivity contribution in [3.8, 4) is 5.69 Å². The highest BCUT2D eigenvalue weighted by Crippen LogP contribution is 2.42. The molecule has 0 aliphatic carbocycles. The molecule has 180 valence electrons. The smallest absolute Gasteiger partial charge is 0.271 e. The number of nitrogens with one attached hydrogen (secondary N) is 2. The summed E-state index contributed by atoms with van der Waals surface area (Å²) in [5.41, 5.74) is 3.89. The third-order valence-corrected chi connectivity index (χ3v) is 6.28. The van der Waals surface area contributed by atoms with Crippen molar-refractivity contribution in [3.05, 3.63) is 113 Å². The summed E-state index contributed by atoms with van der Waals surface area (Å²) in [7, 11) is 0. The number of anilines is 2. The van der Waals surface area contributed by atoms with E-state index in [0.29, 0.717) is 16.5 Å². The highest BCUT2D eigenvalue weighted by molar-refractivity contribution is 7.80. The molecular weight excluding hydrogens is 476 g/mol. The van der Waals surface area contributed by atoms with Gasteiger partial charge >= 0.3 is 0 Å².